The summed E-state index contributed by atoms with van der Waals surface area (Å²) >= 11 is 3.67. The molecule has 0 N–H and O–H groups in total. The minimum Gasteiger partial charge on any atom is -0.497 e. The van der Waals surface area contributed by atoms with Crippen molar-refractivity contribution >= 4 is 22.0 Å². The lowest BCUT2D eigenvalue weighted by atomic mass is 9.98. The van der Waals surface area contributed by atoms with E-state index >= 15 is 0 Å². The molecule has 0 aliphatic carbocycles. The Kier molecular flexibility index (Phi) is 6.95. The normalized spacial score (nSPS) is 21.8. The van der Waals surface area contributed by atoms with Crippen LogP contribution in [0.2, 0.25) is 0 Å². The second-order valence-electron chi connectivity index (χ2n) is 8.28. The van der Waals surface area contributed by atoms with E-state index in [2.05, 4.69) is 33.0 Å². The average molecular weight is 473 g/mol. The smallest absolute Gasteiger partial charge is 0.410 e. The summed E-state index contributed by atoms with van der Waals surface area (Å²) in [7, 11) is 1.71. The molecule has 2 fully saturated rings. The van der Waals surface area contributed by atoms with Gasteiger partial charge >= 0.3 is 6.09 Å². The molecule has 0 aromatic heterocycles. The first-order chi connectivity index (χ1) is 14.6. The maximum atomic E-state index is 12.2. The second-order valence-corrected chi connectivity index (χ2v) is 9.13. The number of cyclic esters (lactones) is 1. The van der Waals surface area contributed by atoms with Crippen LogP contribution in [0.1, 0.15) is 24.0 Å². The average Bonchev–Trinajstić information content (AvgIpc) is 3.35. The van der Waals surface area contributed by atoms with Crippen molar-refractivity contribution in [3.05, 3.63) is 64.1 Å². The summed E-state index contributed by atoms with van der Waals surface area (Å²) in [6, 6.07) is 16.3. The van der Waals surface area contributed by atoms with Crippen molar-refractivity contribution in [1.82, 2.24) is 9.80 Å². The molecular weight excluding hydrogens is 444 g/mol. The van der Waals surface area contributed by atoms with Crippen LogP contribution in [0.4, 0.5) is 4.79 Å². The highest BCUT2D eigenvalue weighted by Crippen LogP contribution is 2.28. The van der Waals surface area contributed by atoms with Crippen LogP contribution in [0.25, 0.3) is 0 Å². The lowest BCUT2D eigenvalue weighted by Gasteiger charge is -2.18. The highest BCUT2D eigenvalue weighted by Gasteiger charge is 2.32. The van der Waals surface area contributed by atoms with Gasteiger partial charge in [0, 0.05) is 24.1 Å². The van der Waals surface area contributed by atoms with Crippen molar-refractivity contribution in [3.8, 4) is 5.75 Å². The third kappa shape index (κ3) is 5.35. The van der Waals surface area contributed by atoms with Gasteiger partial charge in [-0.05, 0) is 61.1 Å². The first-order valence-corrected chi connectivity index (χ1v) is 11.4. The molecule has 2 aliphatic rings. The molecule has 2 saturated heterocycles. The maximum absolute atomic E-state index is 12.2. The summed E-state index contributed by atoms with van der Waals surface area (Å²) in [6.45, 7) is 4.49. The number of carbonyl (C=O) groups is 1. The van der Waals surface area contributed by atoms with Crippen molar-refractivity contribution in [2.45, 2.75) is 31.9 Å². The van der Waals surface area contributed by atoms with Crippen LogP contribution < -0.4 is 4.74 Å². The number of methoxy groups -OCH3 is 1. The number of hydrogen-bond donors (Lipinski definition) is 0. The molecule has 0 bridgehead atoms. The van der Waals surface area contributed by atoms with Gasteiger partial charge < -0.3 is 19.3 Å². The Bertz CT molecular complexity index is 861. The van der Waals surface area contributed by atoms with E-state index in [1.54, 1.807) is 7.11 Å². The molecule has 2 unspecified atom stereocenters. The number of amides is 1. The topological polar surface area (TPSA) is 42.0 Å². The molecule has 0 spiro atoms. The molecule has 2 aliphatic heterocycles. The Labute approximate surface area is 187 Å². The summed E-state index contributed by atoms with van der Waals surface area (Å²) < 4.78 is 12.1. The molecular formula is C24H29BrN2O3. The van der Waals surface area contributed by atoms with E-state index in [0.29, 0.717) is 19.0 Å². The fraction of sp³-hybridized carbons (Fsp3) is 0.458. The predicted molar refractivity (Wildman–Crippen MR) is 121 cm³/mol. The SMILES string of the molecule is COc1ccc(Br)c(CC2CCN(CCC3CN(Cc4ccccc4)C(=O)O3)C2)c1. The van der Waals surface area contributed by atoms with Crippen LogP contribution in [0.5, 0.6) is 5.75 Å². The first-order valence-electron chi connectivity index (χ1n) is 10.6. The molecule has 30 heavy (non-hydrogen) atoms. The minimum absolute atomic E-state index is 0.00667. The third-order valence-electron chi connectivity index (χ3n) is 6.06. The lowest BCUT2D eigenvalue weighted by molar-refractivity contribution is 0.122. The van der Waals surface area contributed by atoms with Crippen LogP contribution in [0.15, 0.2) is 53.0 Å². The van der Waals surface area contributed by atoms with Gasteiger partial charge in [-0.2, -0.15) is 0 Å². The van der Waals surface area contributed by atoms with E-state index in [9.17, 15) is 4.79 Å². The molecule has 0 radical (unpaired) electrons. The van der Waals surface area contributed by atoms with Crippen molar-refractivity contribution in [2.24, 2.45) is 5.92 Å². The number of carbonyl (C=O) groups excluding carboxylic acids is 1. The van der Waals surface area contributed by atoms with Crippen molar-refractivity contribution in [2.75, 3.05) is 33.3 Å². The summed E-state index contributed by atoms with van der Waals surface area (Å²) in [5.41, 5.74) is 2.45. The van der Waals surface area contributed by atoms with Gasteiger partial charge in [0.25, 0.3) is 0 Å². The molecule has 0 saturated carbocycles. The maximum Gasteiger partial charge on any atom is 0.410 e. The molecule has 6 heteroatoms. The number of ether oxygens (including phenoxy) is 2. The second kappa shape index (κ2) is 9.84. The number of hydrogen-bond acceptors (Lipinski definition) is 4. The zero-order valence-corrected chi connectivity index (χ0v) is 19.0. The van der Waals surface area contributed by atoms with E-state index in [0.717, 1.165) is 48.3 Å². The highest BCUT2D eigenvalue weighted by atomic mass is 79.9. The Balaban J connectivity index is 1.22. The van der Waals surface area contributed by atoms with Crippen molar-refractivity contribution in [1.29, 1.82) is 0 Å². The summed E-state index contributed by atoms with van der Waals surface area (Å²) in [4.78, 5) is 16.5. The van der Waals surface area contributed by atoms with Gasteiger partial charge in [-0.3, -0.25) is 0 Å². The molecule has 2 aromatic rings. The van der Waals surface area contributed by atoms with Crippen LogP contribution >= 0.6 is 15.9 Å². The minimum atomic E-state index is -0.189. The van der Waals surface area contributed by atoms with Gasteiger partial charge in [-0.1, -0.05) is 46.3 Å². The van der Waals surface area contributed by atoms with Crippen LogP contribution in [-0.2, 0) is 17.7 Å². The Hall–Kier alpha value is -2.05. The molecule has 2 atom stereocenters. The largest absolute Gasteiger partial charge is 0.497 e. The Morgan fingerprint density at radius 2 is 2.00 bits per heavy atom. The van der Waals surface area contributed by atoms with Gasteiger partial charge in [0.05, 0.1) is 13.7 Å². The van der Waals surface area contributed by atoms with Crippen LogP contribution in [0.3, 0.4) is 0 Å². The molecule has 1 amide bonds. The fourth-order valence-corrected chi connectivity index (χ4v) is 4.82. The van der Waals surface area contributed by atoms with Gasteiger partial charge in [-0.25, -0.2) is 4.79 Å². The van der Waals surface area contributed by atoms with Crippen molar-refractivity contribution < 1.29 is 14.3 Å². The number of benzene rings is 2. The zero-order valence-electron chi connectivity index (χ0n) is 17.4. The molecule has 5 nitrogen and oxygen atoms in total. The zero-order chi connectivity index (χ0) is 20.9. The van der Waals surface area contributed by atoms with Gasteiger partial charge in [0.15, 0.2) is 0 Å². The summed E-state index contributed by atoms with van der Waals surface area (Å²) in [5, 5.41) is 0. The van der Waals surface area contributed by atoms with Gasteiger partial charge in [-0.15, -0.1) is 0 Å². The monoisotopic (exact) mass is 472 g/mol. The third-order valence-corrected chi connectivity index (χ3v) is 6.84. The van der Waals surface area contributed by atoms with E-state index in [-0.39, 0.29) is 12.2 Å². The van der Waals surface area contributed by atoms with E-state index in [1.165, 1.54) is 12.0 Å². The van der Waals surface area contributed by atoms with Gasteiger partial charge in [0.1, 0.15) is 11.9 Å². The van der Waals surface area contributed by atoms with Crippen LogP contribution in [0, 0.1) is 5.92 Å². The first kappa shape index (κ1) is 21.2. The van der Waals surface area contributed by atoms with E-state index in [4.69, 9.17) is 9.47 Å². The Morgan fingerprint density at radius 1 is 1.17 bits per heavy atom. The number of rotatable bonds is 8. The van der Waals surface area contributed by atoms with Crippen LogP contribution in [-0.4, -0.2) is 55.3 Å². The number of likely N-dealkylation sites (tertiary alicyclic amines) is 1. The summed E-state index contributed by atoms with van der Waals surface area (Å²) in [6.07, 6.45) is 2.96. The molecule has 160 valence electrons. The predicted octanol–water partition coefficient (Wildman–Crippen LogP) is 4.73. The molecule has 4 rings (SSSR count). The fourth-order valence-electron chi connectivity index (χ4n) is 4.41. The quantitative estimate of drug-likeness (QED) is 0.556. The number of nitrogens with zero attached hydrogens (tertiary/aromatic N) is 2. The summed E-state index contributed by atoms with van der Waals surface area (Å²) in [5.74, 6) is 1.56. The lowest BCUT2D eigenvalue weighted by Crippen LogP contribution is -2.28. The van der Waals surface area contributed by atoms with E-state index in [1.807, 2.05) is 41.3 Å². The molecule has 2 aromatic carbocycles. The molecule has 2 heterocycles. The van der Waals surface area contributed by atoms with E-state index < -0.39 is 0 Å². The standard InChI is InChI=1S/C24H29BrN2O3/c1-29-21-7-8-23(25)20(14-21)13-19-9-11-26(15-19)12-10-22-17-27(24(28)30-22)16-18-5-3-2-4-6-18/h2-8,14,19,22H,9-13,15-17H2,1H3. The van der Waals surface area contributed by atoms with Crippen molar-refractivity contribution in [3.63, 3.8) is 0 Å². The highest BCUT2D eigenvalue weighted by molar-refractivity contribution is 9.10. The van der Waals surface area contributed by atoms with Gasteiger partial charge in [0.2, 0.25) is 0 Å². The Morgan fingerprint density at radius 3 is 2.80 bits per heavy atom. The number of halogens is 1.